The molecular weight excluding hydrogens is 541 g/mol. The standard InChI is InChI=1S/C31H42FN5O5/c1-20-17-37(21(2)19-38)29(39)16-22-15-26(34-30(40)33-24-7-5-4-6-8-24)13-14-27(22)42-28(20)18-36(3)31(41)35-25-11-9-23(32)10-12-25/h9-15,20-21,24,28,38H,4-8,16-19H2,1-3H3,(H,35,41)(H2,33,34,40)/t20-,21-,28-/m1/s1. The number of aliphatic hydroxyl groups excluding tert-OH is 1. The highest BCUT2D eigenvalue weighted by Crippen LogP contribution is 2.29. The minimum atomic E-state index is -0.500. The number of hydrogen-bond acceptors (Lipinski definition) is 5. The number of carbonyl (C=O) groups excluding carboxylic acids is 3. The number of likely N-dealkylation sites (N-methyl/N-ethyl adjacent to an activating group) is 1. The number of amides is 5. The van der Waals surface area contributed by atoms with Gasteiger partial charge in [-0.15, -0.1) is 0 Å². The van der Waals surface area contributed by atoms with Crippen molar-refractivity contribution in [3.63, 3.8) is 0 Å². The molecule has 0 bridgehead atoms. The molecule has 228 valence electrons. The van der Waals surface area contributed by atoms with Crippen molar-refractivity contribution in [2.24, 2.45) is 5.92 Å². The van der Waals surface area contributed by atoms with Crippen LogP contribution < -0.4 is 20.7 Å². The summed E-state index contributed by atoms with van der Waals surface area (Å²) in [5.74, 6) is -0.273. The average Bonchev–Trinajstić information content (AvgIpc) is 3.01. The van der Waals surface area contributed by atoms with E-state index in [1.165, 1.54) is 35.6 Å². The van der Waals surface area contributed by atoms with E-state index in [0.717, 1.165) is 25.7 Å². The summed E-state index contributed by atoms with van der Waals surface area (Å²) in [5, 5.41) is 18.6. The summed E-state index contributed by atoms with van der Waals surface area (Å²) in [6.07, 6.45) is 4.87. The van der Waals surface area contributed by atoms with Crippen LogP contribution in [-0.4, -0.2) is 77.8 Å². The molecule has 1 aliphatic carbocycles. The normalized spacial score (nSPS) is 20.2. The van der Waals surface area contributed by atoms with Gasteiger partial charge in [0, 0.05) is 42.5 Å². The molecular formula is C31H42FN5O5. The van der Waals surface area contributed by atoms with E-state index in [1.807, 2.05) is 6.92 Å². The molecule has 4 rings (SSSR count). The quantitative estimate of drug-likeness (QED) is 0.380. The Kier molecular flexibility index (Phi) is 10.6. The zero-order valence-electron chi connectivity index (χ0n) is 24.6. The van der Waals surface area contributed by atoms with Gasteiger partial charge in [0.15, 0.2) is 0 Å². The number of fused-ring (bicyclic) bond motifs is 1. The first kappa shape index (κ1) is 31.1. The van der Waals surface area contributed by atoms with E-state index in [4.69, 9.17) is 4.74 Å². The molecule has 5 amide bonds. The van der Waals surface area contributed by atoms with Crippen LogP contribution in [0.3, 0.4) is 0 Å². The number of halogens is 1. The highest BCUT2D eigenvalue weighted by atomic mass is 19.1. The molecule has 1 aliphatic heterocycles. The van der Waals surface area contributed by atoms with Crippen LogP contribution in [0.1, 0.15) is 51.5 Å². The number of rotatable bonds is 7. The highest BCUT2D eigenvalue weighted by molar-refractivity contribution is 5.90. The van der Waals surface area contributed by atoms with Crippen molar-refractivity contribution in [3.05, 3.63) is 53.8 Å². The summed E-state index contributed by atoms with van der Waals surface area (Å²) in [5.41, 5.74) is 1.60. The maximum Gasteiger partial charge on any atom is 0.321 e. The van der Waals surface area contributed by atoms with E-state index in [0.29, 0.717) is 29.2 Å². The molecule has 0 spiro atoms. The predicted molar refractivity (Wildman–Crippen MR) is 159 cm³/mol. The molecule has 2 aromatic rings. The molecule has 0 aromatic heterocycles. The van der Waals surface area contributed by atoms with Crippen molar-refractivity contribution in [2.75, 3.05) is 37.4 Å². The smallest absolute Gasteiger partial charge is 0.321 e. The molecule has 3 atom stereocenters. The molecule has 0 radical (unpaired) electrons. The van der Waals surface area contributed by atoms with E-state index < -0.39 is 24.0 Å². The third kappa shape index (κ3) is 8.34. The van der Waals surface area contributed by atoms with E-state index in [2.05, 4.69) is 16.0 Å². The van der Waals surface area contributed by atoms with Gasteiger partial charge in [-0.25, -0.2) is 14.0 Å². The van der Waals surface area contributed by atoms with Crippen molar-refractivity contribution < 1.29 is 28.6 Å². The summed E-state index contributed by atoms with van der Waals surface area (Å²) < 4.78 is 19.7. The van der Waals surface area contributed by atoms with Crippen molar-refractivity contribution in [1.82, 2.24) is 15.1 Å². The van der Waals surface area contributed by atoms with Gasteiger partial charge in [0.25, 0.3) is 0 Å². The third-order valence-electron chi connectivity index (χ3n) is 8.01. The molecule has 0 saturated heterocycles. The number of urea groups is 2. The largest absolute Gasteiger partial charge is 0.488 e. The summed E-state index contributed by atoms with van der Waals surface area (Å²) in [6, 6.07) is 9.80. The van der Waals surface area contributed by atoms with Gasteiger partial charge in [-0.2, -0.15) is 0 Å². The second-order valence-corrected chi connectivity index (χ2v) is 11.5. The van der Waals surface area contributed by atoms with Gasteiger partial charge in [0.1, 0.15) is 17.7 Å². The minimum absolute atomic E-state index is 0.0275. The Morgan fingerprint density at radius 3 is 2.48 bits per heavy atom. The van der Waals surface area contributed by atoms with Crippen LogP contribution in [0.4, 0.5) is 25.4 Å². The molecule has 2 aromatic carbocycles. The van der Waals surface area contributed by atoms with Gasteiger partial charge >= 0.3 is 12.1 Å². The molecule has 1 saturated carbocycles. The molecule has 2 aliphatic rings. The summed E-state index contributed by atoms with van der Waals surface area (Å²) in [4.78, 5) is 42.2. The van der Waals surface area contributed by atoms with Gasteiger partial charge in [-0.05, 0) is 62.2 Å². The molecule has 1 fully saturated rings. The van der Waals surface area contributed by atoms with Crippen LogP contribution in [-0.2, 0) is 11.2 Å². The lowest BCUT2D eigenvalue weighted by atomic mass is 9.96. The summed E-state index contributed by atoms with van der Waals surface area (Å²) >= 11 is 0. The van der Waals surface area contributed by atoms with E-state index in [-0.39, 0.29) is 43.5 Å². The van der Waals surface area contributed by atoms with Crippen molar-refractivity contribution in [2.45, 2.75) is 70.6 Å². The monoisotopic (exact) mass is 583 g/mol. The topological polar surface area (TPSA) is 123 Å². The summed E-state index contributed by atoms with van der Waals surface area (Å²) in [7, 11) is 1.64. The molecule has 4 N–H and O–H groups in total. The maximum atomic E-state index is 13.4. The van der Waals surface area contributed by atoms with Crippen molar-refractivity contribution >= 4 is 29.3 Å². The maximum absolute atomic E-state index is 13.4. The van der Waals surface area contributed by atoms with Gasteiger partial charge < -0.3 is 35.6 Å². The Labute approximate surface area is 246 Å². The second-order valence-electron chi connectivity index (χ2n) is 11.5. The first-order chi connectivity index (χ1) is 20.1. The molecule has 0 unspecified atom stereocenters. The molecule has 10 nitrogen and oxygen atoms in total. The number of anilines is 2. The Hall–Kier alpha value is -3.86. The van der Waals surface area contributed by atoms with Crippen LogP contribution in [0.15, 0.2) is 42.5 Å². The Morgan fingerprint density at radius 2 is 1.79 bits per heavy atom. The number of benzene rings is 2. The van der Waals surface area contributed by atoms with Crippen LogP contribution in [0.5, 0.6) is 5.75 Å². The highest BCUT2D eigenvalue weighted by Gasteiger charge is 2.32. The number of carbonyl (C=O) groups is 3. The number of nitrogens with zero attached hydrogens (tertiary/aromatic N) is 2. The Balaban J connectivity index is 1.53. The predicted octanol–water partition coefficient (Wildman–Crippen LogP) is 4.59. The van der Waals surface area contributed by atoms with Crippen molar-refractivity contribution in [1.29, 1.82) is 0 Å². The number of aliphatic hydroxyl groups is 1. The average molecular weight is 584 g/mol. The van der Waals surface area contributed by atoms with Crippen LogP contribution in [0, 0.1) is 11.7 Å². The number of nitrogens with one attached hydrogen (secondary N) is 3. The first-order valence-electron chi connectivity index (χ1n) is 14.7. The lowest BCUT2D eigenvalue weighted by Crippen LogP contribution is -2.48. The minimum Gasteiger partial charge on any atom is -0.488 e. The van der Waals surface area contributed by atoms with Gasteiger partial charge in [-0.3, -0.25) is 4.79 Å². The van der Waals surface area contributed by atoms with Gasteiger partial charge in [0.2, 0.25) is 5.91 Å². The van der Waals surface area contributed by atoms with E-state index >= 15 is 0 Å². The van der Waals surface area contributed by atoms with Gasteiger partial charge in [0.05, 0.1) is 25.6 Å². The fourth-order valence-electron chi connectivity index (χ4n) is 5.43. The Bertz CT molecular complexity index is 1240. The number of hydrogen-bond donors (Lipinski definition) is 4. The zero-order valence-corrected chi connectivity index (χ0v) is 24.6. The second kappa shape index (κ2) is 14.4. The molecule has 11 heteroatoms. The third-order valence-corrected chi connectivity index (χ3v) is 8.01. The van der Waals surface area contributed by atoms with E-state index in [1.54, 1.807) is 37.1 Å². The van der Waals surface area contributed by atoms with Crippen LogP contribution >= 0.6 is 0 Å². The van der Waals surface area contributed by atoms with E-state index in [9.17, 15) is 23.9 Å². The lowest BCUT2D eigenvalue weighted by Gasteiger charge is -2.34. The van der Waals surface area contributed by atoms with Crippen molar-refractivity contribution in [3.8, 4) is 5.75 Å². The molecule has 42 heavy (non-hydrogen) atoms. The summed E-state index contributed by atoms with van der Waals surface area (Å²) in [6.45, 7) is 4.06. The fourth-order valence-corrected chi connectivity index (χ4v) is 5.43. The lowest BCUT2D eigenvalue weighted by molar-refractivity contribution is -0.134. The SMILES string of the molecule is C[C@@H]1CN([C@H](C)CO)C(=O)Cc2cc(NC(=O)NC3CCCCC3)ccc2O[C@@H]1CN(C)C(=O)Nc1ccc(F)cc1. The first-order valence-corrected chi connectivity index (χ1v) is 14.7. The fraction of sp³-hybridized carbons (Fsp3) is 0.516. The zero-order chi connectivity index (χ0) is 30.2. The number of ether oxygens (including phenoxy) is 1. The molecule has 1 heterocycles. The van der Waals surface area contributed by atoms with Crippen LogP contribution in [0.2, 0.25) is 0 Å². The van der Waals surface area contributed by atoms with Gasteiger partial charge in [-0.1, -0.05) is 26.2 Å². The van der Waals surface area contributed by atoms with Crippen LogP contribution in [0.25, 0.3) is 0 Å². The Morgan fingerprint density at radius 1 is 1.10 bits per heavy atom.